The molecule has 0 bridgehead atoms. The Hall–Kier alpha value is -2.79. The van der Waals surface area contributed by atoms with Gasteiger partial charge in [-0.05, 0) is 54.1 Å². The summed E-state index contributed by atoms with van der Waals surface area (Å²) in [5.41, 5.74) is 4.52. The Labute approximate surface area is 171 Å². The highest BCUT2D eigenvalue weighted by molar-refractivity contribution is 5.70. The van der Waals surface area contributed by atoms with Crippen molar-refractivity contribution in [3.8, 4) is 11.5 Å². The first-order valence-corrected chi connectivity index (χ1v) is 10.1. The lowest BCUT2D eigenvalue weighted by Gasteiger charge is -2.23. The standard InChI is InChI=1S/C24H27NO4/c1-28-22-4-2-3-21-12-20(16-29-24(21)22)15-25-10-9-19(14-25)11-17-5-7-18(8-6-17)13-23(26)27/h2-8,12,19H,9-11,13-16H2,1H3,(H,26,27). The molecule has 1 N–H and O–H groups in total. The summed E-state index contributed by atoms with van der Waals surface area (Å²) in [5.74, 6) is 1.47. The van der Waals surface area contributed by atoms with Crippen molar-refractivity contribution in [2.45, 2.75) is 19.3 Å². The molecule has 1 unspecified atom stereocenters. The lowest BCUT2D eigenvalue weighted by atomic mass is 9.97. The second-order valence-electron chi connectivity index (χ2n) is 7.95. The van der Waals surface area contributed by atoms with Crippen LogP contribution in [0.25, 0.3) is 6.08 Å². The van der Waals surface area contributed by atoms with Crippen molar-refractivity contribution >= 4 is 12.0 Å². The fourth-order valence-corrected chi connectivity index (χ4v) is 4.29. The van der Waals surface area contributed by atoms with Crippen molar-refractivity contribution in [2.75, 3.05) is 33.4 Å². The molecule has 0 radical (unpaired) electrons. The third-order valence-electron chi connectivity index (χ3n) is 5.69. The minimum atomic E-state index is -0.786. The molecule has 29 heavy (non-hydrogen) atoms. The summed E-state index contributed by atoms with van der Waals surface area (Å²) in [4.78, 5) is 13.3. The maximum absolute atomic E-state index is 10.8. The van der Waals surface area contributed by atoms with Crippen LogP contribution < -0.4 is 9.47 Å². The molecule has 0 aromatic heterocycles. The van der Waals surface area contributed by atoms with Gasteiger partial charge in [0, 0.05) is 18.7 Å². The van der Waals surface area contributed by atoms with Gasteiger partial charge in [0.05, 0.1) is 13.5 Å². The molecule has 5 nitrogen and oxygen atoms in total. The van der Waals surface area contributed by atoms with Crippen molar-refractivity contribution in [3.63, 3.8) is 0 Å². The average molecular weight is 393 g/mol. The summed E-state index contributed by atoms with van der Waals surface area (Å²) in [7, 11) is 1.67. The van der Waals surface area contributed by atoms with Crippen LogP contribution in [0, 0.1) is 5.92 Å². The molecular formula is C24H27NO4. The number of hydrogen-bond acceptors (Lipinski definition) is 4. The third kappa shape index (κ3) is 4.80. The SMILES string of the molecule is COc1cccc2c1OCC(CN1CCC(Cc3ccc(CC(=O)O)cc3)C1)=C2. The molecule has 0 amide bonds. The summed E-state index contributed by atoms with van der Waals surface area (Å²) in [6.45, 7) is 3.73. The van der Waals surface area contributed by atoms with E-state index in [1.807, 2.05) is 24.3 Å². The molecule has 5 heteroatoms. The second-order valence-corrected chi connectivity index (χ2v) is 7.95. The molecule has 2 aromatic rings. The van der Waals surface area contributed by atoms with Crippen molar-refractivity contribution in [1.29, 1.82) is 0 Å². The van der Waals surface area contributed by atoms with Gasteiger partial charge >= 0.3 is 5.97 Å². The van der Waals surface area contributed by atoms with Gasteiger partial charge in [-0.25, -0.2) is 0 Å². The number of ether oxygens (including phenoxy) is 2. The number of hydrogen-bond donors (Lipinski definition) is 1. The fourth-order valence-electron chi connectivity index (χ4n) is 4.29. The van der Waals surface area contributed by atoms with Crippen LogP contribution in [0.1, 0.15) is 23.1 Å². The van der Waals surface area contributed by atoms with Gasteiger partial charge in [0.1, 0.15) is 6.61 Å². The number of benzene rings is 2. The normalized spacial score (nSPS) is 18.7. The zero-order valence-corrected chi connectivity index (χ0v) is 16.8. The number of methoxy groups -OCH3 is 1. The van der Waals surface area contributed by atoms with Crippen LogP contribution in [0.3, 0.4) is 0 Å². The Morgan fingerprint density at radius 2 is 2.00 bits per heavy atom. The van der Waals surface area contributed by atoms with E-state index in [-0.39, 0.29) is 6.42 Å². The first kappa shape index (κ1) is 19.5. The Kier molecular flexibility index (Phi) is 5.86. The van der Waals surface area contributed by atoms with Gasteiger partial charge in [-0.15, -0.1) is 0 Å². The third-order valence-corrected chi connectivity index (χ3v) is 5.69. The second kappa shape index (κ2) is 8.70. The Morgan fingerprint density at radius 1 is 1.21 bits per heavy atom. The average Bonchev–Trinajstić information content (AvgIpc) is 3.15. The van der Waals surface area contributed by atoms with Gasteiger partial charge in [-0.1, -0.05) is 36.4 Å². The van der Waals surface area contributed by atoms with Gasteiger partial charge in [0.15, 0.2) is 11.5 Å². The highest BCUT2D eigenvalue weighted by Gasteiger charge is 2.24. The summed E-state index contributed by atoms with van der Waals surface area (Å²) in [5, 5.41) is 8.89. The smallest absolute Gasteiger partial charge is 0.307 e. The number of carboxylic acids is 1. The summed E-state index contributed by atoms with van der Waals surface area (Å²) in [6, 6.07) is 14.0. The molecule has 2 aliphatic heterocycles. The zero-order chi connectivity index (χ0) is 20.2. The molecule has 0 spiro atoms. The zero-order valence-electron chi connectivity index (χ0n) is 16.8. The van der Waals surface area contributed by atoms with E-state index in [4.69, 9.17) is 14.6 Å². The lowest BCUT2D eigenvalue weighted by molar-refractivity contribution is -0.136. The van der Waals surface area contributed by atoms with E-state index in [0.29, 0.717) is 12.5 Å². The summed E-state index contributed by atoms with van der Waals surface area (Å²) < 4.78 is 11.4. The molecule has 2 aliphatic rings. The maximum atomic E-state index is 10.8. The molecule has 1 saturated heterocycles. The molecule has 2 heterocycles. The Morgan fingerprint density at radius 3 is 2.76 bits per heavy atom. The van der Waals surface area contributed by atoms with Gasteiger partial charge in [-0.3, -0.25) is 9.69 Å². The monoisotopic (exact) mass is 393 g/mol. The van der Waals surface area contributed by atoms with Crippen LogP contribution in [-0.2, 0) is 17.6 Å². The lowest BCUT2D eigenvalue weighted by Crippen LogP contribution is -2.26. The van der Waals surface area contributed by atoms with E-state index >= 15 is 0 Å². The predicted molar refractivity (Wildman–Crippen MR) is 112 cm³/mol. The molecule has 1 fully saturated rings. The number of carboxylic acid groups (broad SMARTS) is 1. The van der Waals surface area contributed by atoms with Crippen molar-refractivity contribution < 1.29 is 19.4 Å². The number of aliphatic carboxylic acids is 1. The van der Waals surface area contributed by atoms with Crippen LogP contribution in [0.5, 0.6) is 11.5 Å². The van der Waals surface area contributed by atoms with E-state index < -0.39 is 5.97 Å². The number of fused-ring (bicyclic) bond motifs is 1. The van der Waals surface area contributed by atoms with Crippen LogP contribution in [0.4, 0.5) is 0 Å². The molecule has 0 saturated carbocycles. The number of rotatable bonds is 7. The van der Waals surface area contributed by atoms with E-state index in [9.17, 15) is 4.79 Å². The molecule has 0 aliphatic carbocycles. The van der Waals surface area contributed by atoms with E-state index in [2.05, 4.69) is 29.2 Å². The molecule has 152 valence electrons. The van der Waals surface area contributed by atoms with Gasteiger partial charge in [0.25, 0.3) is 0 Å². The first-order chi connectivity index (χ1) is 14.1. The number of nitrogens with zero attached hydrogens (tertiary/aromatic N) is 1. The van der Waals surface area contributed by atoms with Gasteiger partial charge < -0.3 is 14.6 Å². The van der Waals surface area contributed by atoms with Crippen LogP contribution in [-0.4, -0.2) is 49.3 Å². The number of para-hydroxylation sites is 1. The van der Waals surface area contributed by atoms with Crippen LogP contribution in [0.15, 0.2) is 48.0 Å². The first-order valence-electron chi connectivity index (χ1n) is 10.1. The van der Waals surface area contributed by atoms with E-state index in [1.54, 1.807) is 7.11 Å². The number of carbonyl (C=O) groups is 1. The van der Waals surface area contributed by atoms with E-state index in [0.717, 1.165) is 48.7 Å². The molecular weight excluding hydrogens is 366 g/mol. The Balaban J connectivity index is 1.32. The highest BCUT2D eigenvalue weighted by atomic mass is 16.5. The van der Waals surface area contributed by atoms with Crippen LogP contribution >= 0.6 is 0 Å². The highest BCUT2D eigenvalue weighted by Crippen LogP contribution is 2.35. The van der Waals surface area contributed by atoms with E-state index in [1.165, 1.54) is 17.6 Å². The fraction of sp³-hybridized carbons (Fsp3) is 0.375. The molecule has 4 rings (SSSR count). The molecule has 2 aromatic carbocycles. The van der Waals surface area contributed by atoms with Crippen molar-refractivity contribution in [3.05, 3.63) is 64.7 Å². The summed E-state index contributed by atoms with van der Waals surface area (Å²) in [6.07, 6.45) is 4.55. The maximum Gasteiger partial charge on any atom is 0.307 e. The number of likely N-dealkylation sites (tertiary alicyclic amines) is 1. The predicted octanol–water partition coefficient (Wildman–Crippen LogP) is 3.66. The minimum absolute atomic E-state index is 0.0870. The topological polar surface area (TPSA) is 59.0 Å². The summed E-state index contributed by atoms with van der Waals surface area (Å²) >= 11 is 0. The quantitative estimate of drug-likeness (QED) is 0.778. The van der Waals surface area contributed by atoms with Crippen molar-refractivity contribution in [1.82, 2.24) is 4.90 Å². The molecule has 1 atom stereocenters. The van der Waals surface area contributed by atoms with Crippen molar-refractivity contribution in [2.24, 2.45) is 5.92 Å². The Bertz CT molecular complexity index is 904. The minimum Gasteiger partial charge on any atom is -0.493 e. The van der Waals surface area contributed by atoms with Gasteiger partial charge in [-0.2, -0.15) is 0 Å². The largest absolute Gasteiger partial charge is 0.493 e. The van der Waals surface area contributed by atoms with Gasteiger partial charge in [0.2, 0.25) is 0 Å². The van der Waals surface area contributed by atoms with Crippen LogP contribution in [0.2, 0.25) is 0 Å².